The Labute approximate surface area is 230 Å². The summed E-state index contributed by atoms with van der Waals surface area (Å²) in [7, 11) is 0. The molecule has 0 aromatic rings. The molecule has 39 heavy (non-hydrogen) atoms. The van der Waals surface area contributed by atoms with Gasteiger partial charge < -0.3 is 46.1 Å². The van der Waals surface area contributed by atoms with Crippen molar-refractivity contribution in [2.75, 3.05) is 6.61 Å². The third-order valence-electron chi connectivity index (χ3n) is 12.8. The first-order valence-electron chi connectivity index (χ1n) is 15.1. The van der Waals surface area contributed by atoms with Gasteiger partial charge in [-0.1, -0.05) is 13.8 Å². The lowest BCUT2D eigenvalue weighted by Gasteiger charge is -2.67. The van der Waals surface area contributed by atoms with Gasteiger partial charge in [0.05, 0.1) is 30.8 Å². The Morgan fingerprint density at radius 1 is 0.974 bits per heavy atom. The van der Waals surface area contributed by atoms with E-state index in [4.69, 9.17) is 25.7 Å². The van der Waals surface area contributed by atoms with Crippen LogP contribution in [0.2, 0.25) is 0 Å². The molecule has 0 aromatic heterocycles. The molecule has 0 amide bonds. The van der Waals surface area contributed by atoms with Crippen molar-refractivity contribution in [1.29, 1.82) is 0 Å². The Balaban J connectivity index is 1.17. The van der Waals surface area contributed by atoms with E-state index < -0.39 is 42.8 Å². The Hall–Kier alpha value is -0.850. The van der Waals surface area contributed by atoms with Gasteiger partial charge in [-0.15, -0.1) is 0 Å². The number of aliphatic carboxylic acids is 1. The molecule has 10 nitrogen and oxygen atoms in total. The largest absolute Gasteiger partial charge is 0.481 e. The number of rotatable bonds is 5. The third-order valence-corrected chi connectivity index (χ3v) is 12.8. The zero-order chi connectivity index (χ0) is 27.9. The molecular formula is C29H48N2O8. The summed E-state index contributed by atoms with van der Waals surface area (Å²) in [4.78, 5) is 11.6. The quantitative estimate of drug-likeness (QED) is 0.273. The molecule has 6 rings (SSSR count). The smallest absolute Gasteiger partial charge is 0.303 e. The minimum absolute atomic E-state index is 0.0330. The number of carboxylic acids is 1. The second-order valence-electron chi connectivity index (χ2n) is 14.1. The summed E-state index contributed by atoms with van der Waals surface area (Å²) in [6, 6.07) is -0.937. The molecule has 2 heterocycles. The van der Waals surface area contributed by atoms with E-state index in [1.807, 2.05) is 0 Å². The third kappa shape index (κ3) is 4.07. The summed E-state index contributed by atoms with van der Waals surface area (Å²) in [5, 5.41) is 39.9. The average Bonchev–Trinajstić information content (AvgIpc) is 3.10. The van der Waals surface area contributed by atoms with Crippen LogP contribution < -0.4 is 11.5 Å². The van der Waals surface area contributed by atoms with Gasteiger partial charge in [0.15, 0.2) is 6.29 Å². The standard InChI is InChI=1S/C29H48N2O8/c1-27-8-5-15(37-26-24(36)22(30)23(35)20(13-32)38-26)11-14(27)3-4-19-18(27)6-9-28(2)17-7-10-29(19,28)39-25(31)16(17)12-21(33)34/h14-20,22-26,32,35-36H,3-13,30-31H2,1-2H3,(H,33,34)/t14-,15+,16+,17-,18+,19-,20+,22+,23+,24+,25-,26+,27+,28-,29+/m1/s1. The van der Waals surface area contributed by atoms with E-state index in [9.17, 15) is 25.2 Å². The van der Waals surface area contributed by atoms with E-state index in [2.05, 4.69) is 13.8 Å². The molecule has 4 saturated carbocycles. The molecule has 0 aromatic carbocycles. The molecule has 0 unspecified atom stereocenters. The van der Waals surface area contributed by atoms with E-state index in [0.29, 0.717) is 23.7 Å². The number of carboxylic acid groups (broad SMARTS) is 1. The second kappa shape index (κ2) is 9.87. The van der Waals surface area contributed by atoms with Crippen LogP contribution in [-0.4, -0.2) is 81.6 Å². The van der Waals surface area contributed by atoms with Crippen LogP contribution in [-0.2, 0) is 19.0 Å². The lowest BCUT2D eigenvalue weighted by Crippen LogP contribution is -2.68. The van der Waals surface area contributed by atoms with Crippen molar-refractivity contribution in [1.82, 2.24) is 0 Å². The number of hydrogen-bond donors (Lipinski definition) is 6. The number of ether oxygens (including phenoxy) is 3. The van der Waals surface area contributed by atoms with Crippen LogP contribution in [0.15, 0.2) is 0 Å². The average molecular weight is 553 g/mol. The van der Waals surface area contributed by atoms with Crippen LogP contribution in [0.4, 0.5) is 0 Å². The Kier molecular flexibility index (Phi) is 7.15. The van der Waals surface area contributed by atoms with Gasteiger partial charge in [0.1, 0.15) is 24.5 Å². The molecule has 2 aliphatic heterocycles. The second-order valence-corrected chi connectivity index (χ2v) is 14.1. The summed E-state index contributed by atoms with van der Waals surface area (Å²) >= 11 is 0. The predicted octanol–water partition coefficient (Wildman–Crippen LogP) is 1.33. The lowest BCUT2D eigenvalue weighted by molar-refractivity contribution is -0.303. The molecular weight excluding hydrogens is 504 g/mol. The van der Waals surface area contributed by atoms with Crippen molar-refractivity contribution in [3.8, 4) is 0 Å². The topological polar surface area (TPSA) is 178 Å². The van der Waals surface area contributed by atoms with E-state index in [1.165, 1.54) is 0 Å². The van der Waals surface area contributed by atoms with Crippen LogP contribution >= 0.6 is 0 Å². The Morgan fingerprint density at radius 3 is 2.44 bits per heavy atom. The minimum Gasteiger partial charge on any atom is -0.481 e. The molecule has 2 bridgehead atoms. The molecule has 2 saturated heterocycles. The summed E-state index contributed by atoms with van der Waals surface area (Å²) in [6.07, 6.45) is 4.36. The monoisotopic (exact) mass is 552 g/mol. The van der Waals surface area contributed by atoms with Crippen LogP contribution in [0, 0.1) is 40.4 Å². The Morgan fingerprint density at radius 2 is 1.72 bits per heavy atom. The van der Waals surface area contributed by atoms with E-state index in [0.717, 1.165) is 57.8 Å². The van der Waals surface area contributed by atoms with Gasteiger partial charge in [-0.05, 0) is 86.9 Å². The Bertz CT molecular complexity index is 952. The molecule has 4 aliphatic carbocycles. The highest BCUT2D eigenvalue weighted by molar-refractivity contribution is 5.67. The zero-order valence-electron chi connectivity index (χ0n) is 23.3. The molecule has 10 heteroatoms. The van der Waals surface area contributed by atoms with Crippen molar-refractivity contribution in [2.45, 2.75) is 127 Å². The van der Waals surface area contributed by atoms with Crippen LogP contribution in [0.5, 0.6) is 0 Å². The highest BCUT2D eigenvalue weighted by Crippen LogP contribution is 2.73. The predicted molar refractivity (Wildman–Crippen MR) is 140 cm³/mol. The number of hydrogen-bond acceptors (Lipinski definition) is 9. The minimum atomic E-state index is -1.16. The number of aliphatic hydroxyl groups is 3. The molecule has 6 aliphatic rings. The van der Waals surface area contributed by atoms with Crippen molar-refractivity contribution in [2.24, 2.45) is 51.9 Å². The van der Waals surface area contributed by atoms with Gasteiger partial charge in [-0.3, -0.25) is 4.79 Å². The van der Waals surface area contributed by atoms with E-state index in [-0.39, 0.29) is 41.5 Å². The van der Waals surface area contributed by atoms with Gasteiger partial charge in [-0.2, -0.15) is 0 Å². The van der Waals surface area contributed by atoms with Gasteiger partial charge in [-0.25, -0.2) is 0 Å². The van der Waals surface area contributed by atoms with Gasteiger partial charge in [0, 0.05) is 11.3 Å². The lowest BCUT2D eigenvalue weighted by atomic mass is 9.42. The van der Waals surface area contributed by atoms with Crippen molar-refractivity contribution in [3.63, 3.8) is 0 Å². The van der Waals surface area contributed by atoms with Crippen molar-refractivity contribution >= 4 is 5.97 Å². The van der Waals surface area contributed by atoms with Gasteiger partial charge in [0.25, 0.3) is 0 Å². The van der Waals surface area contributed by atoms with Crippen LogP contribution in [0.25, 0.3) is 0 Å². The van der Waals surface area contributed by atoms with Crippen molar-refractivity contribution < 1.29 is 39.4 Å². The summed E-state index contributed by atoms with van der Waals surface area (Å²) in [5.41, 5.74) is 12.4. The van der Waals surface area contributed by atoms with Gasteiger partial charge >= 0.3 is 5.97 Å². The van der Waals surface area contributed by atoms with Crippen LogP contribution in [0.1, 0.15) is 78.1 Å². The summed E-state index contributed by atoms with van der Waals surface area (Å²) < 4.78 is 18.8. The number of carbonyl (C=O) groups is 1. The molecule has 6 fully saturated rings. The number of nitrogens with two attached hydrogens (primary N) is 2. The molecule has 0 radical (unpaired) electrons. The normalized spacial score (nSPS) is 56.8. The SMILES string of the molecule is C[C@]12CC[C@H](O[C@H]3O[C@@H](CO)[C@H](O)[C@H](N)[C@@H]3O)C[C@H]1CC[C@@H]1[C@@H]2CC[C@]2(C)[C@@H]3CC[C@]12O[C@@H](N)[C@H]3CC(=O)O. The highest BCUT2D eigenvalue weighted by atomic mass is 16.7. The van der Waals surface area contributed by atoms with Crippen molar-refractivity contribution in [3.05, 3.63) is 0 Å². The zero-order valence-corrected chi connectivity index (χ0v) is 23.3. The molecule has 8 N–H and O–H groups in total. The first-order valence-corrected chi connectivity index (χ1v) is 15.1. The molecule has 222 valence electrons. The maximum Gasteiger partial charge on any atom is 0.303 e. The number of aliphatic hydroxyl groups excluding tert-OH is 3. The van der Waals surface area contributed by atoms with E-state index >= 15 is 0 Å². The fourth-order valence-electron chi connectivity index (χ4n) is 10.7. The highest BCUT2D eigenvalue weighted by Gasteiger charge is 2.72. The maximum atomic E-state index is 11.6. The first-order chi connectivity index (χ1) is 18.4. The van der Waals surface area contributed by atoms with Gasteiger partial charge in [0.2, 0.25) is 0 Å². The molecule has 0 spiro atoms. The van der Waals surface area contributed by atoms with E-state index in [1.54, 1.807) is 0 Å². The van der Waals surface area contributed by atoms with Crippen LogP contribution in [0.3, 0.4) is 0 Å². The summed E-state index contributed by atoms with van der Waals surface area (Å²) in [6.45, 7) is 4.42. The fourth-order valence-corrected chi connectivity index (χ4v) is 10.7. The number of fused-ring (bicyclic) bond motifs is 3. The molecule has 15 atom stereocenters. The maximum absolute atomic E-state index is 11.6. The first kappa shape index (κ1) is 28.3. The summed E-state index contributed by atoms with van der Waals surface area (Å²) in [5.74, 6) is 0.787. The fraction of sp³-hybridized carbons (Fsp3) is 0.966.